The van der Waals surface area contributed by atoms with Crippen molar-refractivity contribution in [2.75, 3.05) is 19.7 Å². The Morgan fingerprint density at radius 1 is 1.29 bits per heavy atom. The highest BCUT2D eigenvalue weighted by atomic mass is 32.2. The molecule has 21 heavy (non-hydrogen) atoms. The number of hydrogen-bond donors (Lipinski definition) is 1. The average molecular weight is 325 g/mol. The summed E-state index contributed by atoms with van der Waals surface area (Å²) < 4.78 is 65.9. The first-order valence-electron chi connectivity index (χ1n) is 6.14. The molecule has 1 N–H and O–H groups in total. The van der Waals surface area contributed by atoms with Crippen molar-refractivity contribution in [1.82, 2.24) is 4.31 Å². The molecule has 5 nitrogen and oxygen atoms in total. The van der Waals surface area contributed by atoms with Gasteiger partial charge in [0.25, 0.3) is 0 Å². The summed E-state index contributed by atoms with van der Waals surface area (Å²) in [5.74, 6) is 0. The molecule has 1 unspecified atom stereocenters. The smallest absolute Gasteiger partial charge is 0.386 e. The Morgan fingerprint density at radius 2 is 1.90 bits per heavy atom. The number of morpholine rings is 1. The summed E-state index contributed by atoms with van der Waals surface area (Å²) in [6, 6.07) is 8.21. The van der Waals surface area contributed by atoms with Crippen molar-refractivity contribution in [3.63, 3.8) is 0 Å². The first-order chi connectivity index (χ1) is 9.73. The van der Waals surface area contributed by atoms with Crippen LogP contribution in [0.4, 0.5) is 13.2 Å². The Bertz CT molecular complexity index is 576. The third-order valence-electron chi connectivity index (χ3n) is 3.18. The molecule has 0 saturated carbocycles. The molecule has 9 heteroatoms. The van der Waals surface area contributed by atoms with Gasteiger partial charge in [0, 0.05) is 13.1 Å². The van der Waals surface area contributed by atoms with E-state index in [1.165, 1.54) is 0 Å². The predicted molar refractivity (Wildman–Crippen MR) is 67.7 cm³/mol. The van der Waals surface area contributed by atoms with Gasteiger partial charge in [0.2, 0.25) is 0 Å². The van der Waals surface area contributed by atoms with Crippen LogP contribution in [-0.2, 0) is 14.8 Å². The maximum atomic E-state index is 12.5. The first-order valence-corrected chi connectivity index (χ1v) is 7.58. The highest BCUT2D eigenvalue weighted by Gasteiger charge is 2.51. The van der Waals surface area contributed by atoms with Crippen molar-refractivity contribution in [3.8, 4) is 0 Å². The topological polar surface area (TPSA) is 66.8 Å². The minimum Gasteiger partial charge on any atom is -0.386 e. The van der Waals surface area contributed by atoms with E-state index in [1.807, 2.05) is 0 Å². The fourth-order valence-corrected chi connectivity index (χ4v) is 3.02. The molecular formula is C12H14F3NO4S. The van der Waals surface area contributed by atoms with Gasteiger partial charge in [-0.1, -0.05) is 30.3 Å². The monoisotopic (exact) mass is 325 g/mol. The van der Waals surface area contributed by atoms with Crippen molar-refractivity contribution in [2.24, 2.45) is 0 Å². The van der Waals surface area contributed by atoms with Gasteiger partial charge in [0.05, 0.1) is 6.61 Å². The van der Waals surface area contributed by atoms with Crippen LogP contribution in [-0.4, -0.2) is 49.1 Å². The fourth-order valence-electron chi connectivity index (χ4n) is 2.07. The molecule has 1 aliphatic heterocycles. The van der Waals surface area contributed by atoms with Gasteiger partial charge in [-0.15, -0.1) is 0 Å². The fraction of sp³-hybridized carbons (Fsp3) is 0.500. The van der Waals surface area contributed by atoms with E-state index in [4.69, 9.17) is 4.74 Å². The largest absolute Gasteiger partial charge is 0.511 e. The van der Waals surface area contributed by atoms with Gasteiger partial charge >= 0.3 is 15.5 Å². The molecule has 118 valence electrons. The van der Waals surface area contributed by atoms with Gasteiger partial charge in [0.15, 0.2) is 0 Å². The lowest BCUT2D eigenvalue weighted by Crippen LogP contribution is -2.51. The second kappa shape index (κ2) is 5.91. The minimum absolute atomic E-state index is 0.204. The molecule has 1 aromatic rings. The molecular weight excluding hydrogens is 311 g/mol. The minimum atomic E-state index is -5.41. The molecule has 1 heterocycles. The molecule has 0 amide bonds. The maximum Gasteiger partial charge on any atom is 0.511 e. The molecule has 0 bridgehead atoms. The van der Waals surface area contributed by atoms with E-state index >= 15 is 0 Å². The Kier molecular flexibility index (Phi) is 4.57. The second-order valence-corrected chi connectivity index (χ2v) is 6.50. The summed E-state index contributed by atoms with van der Waals surface area (Å²) in [5, 5.41) is 10.1. The first kappa shape index (κ1) is 16.2. The summed E-state index contributed by atoms with van der Waals surface area (Å²) in [6.45, 7) is -1.14. The van der Waals surface area contributed by atoms with Crippen LogP contribution >= 0.6 is 0 Å². The van der Waals surface area contributed by atoms with Gasteiger partial charge in [-0.25, -0.2) is 8.42 Å². The lowest BCUT2D eigenvalue weighted by molar-refractivity contribution is -0.0834. The van der Waals surface area contributed by atoms with E-state index in [9.17, 15) is 26.7 Å². The molecule has 1 aromatic carbocycles. The average Bonchev–Trinajstić information content (AvgIpc) is 2.46. The number of ether oxygens (including phenoxy) is 1. The van der Waals surface area contributed by atoms with E-state index in [2.05, 4.69) is 0 Å². The van der Waals surface area contributed by atoms with Crippen molar-refractivity contribution in [1.29, 1.82) is 0 Å². The number of aliphatic hydroxyl groups is 1. The summed E-state index contributed by atoms with van der Waals surface area (Å²) in [7, 11) is -5.41. The summed E-state index contributed by atoms with van der Waals surface area (Å²) >= 11 is 0. The van der Waals surface area contributed by atoms with Crippen LogP contribution in [0.2, 0.25) is 0 Å². The second-order valence-electron chi connectivity index (χ2n) is 4.57. The van der Waals surface area contributed by atoms with Crippen molar-refractivity contribution < 1.29 is 31.4 Å². The molecule has 1 fully saturated rings. The molecule has 1 saturated heterocycles. The number of halogens is 3. The zero-order chi connectivity index (χ0) is 15.7. The number of nitrogens with zero attached hydrogens (tertiary/aromatic N) is 1. The van der Waals surface area contributed by atoms with Crippen LogP contribution in [0.1, 0.15) is 11.7 Å². The third-order valence-corrected chi connectivity index (χ3v) is 4.78. The lowest BCUT2D eigenvalue weighted by atomic mass is 10.0. The van der Waals surface area contributed by atoms with Gasteiger partial charge < -0.3 is 9.84 Å². The normalized spacial score (nSPS) is 23.0. The van der Waals surface area contributed by atoms with E-state index in [0.29, 0.717) is 9.87 Å². The van der Waals surface area contributed by atoms with Gasteiger partial charge in [-0.3, -0.25) is 0 Å². The molecule has 0 aromatic heterocycles. The van der Waals surface area contributed by atoms with Crippen LogP contribution in [0, 0.1) is 0 Å². The number of sulfonamides is 1. The van der Waals surface area contributed by atoms with E-state index in [1.54, 1.807) is 30.3 Å². The quantitative estimate of drug-likeness (QED) is 0.909. The third kappa shape index (κ3) is 3.37. The predicted octanol–water partition coefficient (Wildman–Crippen LogP) is 1.27. The zero-order valence-corrected chi connectivity index (χ0v) is 11.6. The van der Waals surface area contributed by atoms with E-state index < -0.39 is 34.3 Å². The molecule has 1 aliphatic rings. The number of aliphatic hydroxyl groups excluding tert-OH is 1. The van der Waals surface area contributed by atoms with Crippen LogP contribution in [0.15, 0.2) is 30.3 Å². The maximum absolute atomic E-state index is 12.5. The van der Waals surface area contributed by atoms with Crippen LogP contribution in [0.5, 0.6) is 0 Å². The highest BCUT2D eigenvalue weighted by molar-refractivity contribution is 7.90. The number of benzene rings is 1. The molecule has 0 radical (unpaired) electrons. The Hall–Kier alpha value is -1.16. The van der Waals surface area contributed by atoms with Crippen molar-refractivity contribution in [2.45, 2.75) is 17.7 Å². The highest BCUT2D eigenvalue weighted by Crippen LogP contribution is 2.30. The molecule has 2 atom stereocenters. The van der Waals surface area contributed by atoms with E-state index in [-0.39, 0.29) is 13.2 Å². The Labute approximate surface area is 120 Å². The van der Waals surface area contributed by atoms with Crippen LogP contribution < -0.4 is 0 Å². The van der Waals surface area contributed by atoms with Crippen molar-refractivity contribution in [3.05, 3.63) is 35.9 Å². The molecule has 0 aliphatic carbocycles. The summed E-state index contributed by atoms with van der Waals surface area (Å²) in [6.07, 6.45) is -2.24. The van der Waals surface area contributed by atoms with E-state index in [0.717, 1.165) is 0 Å². The number of rotatable bonds is 3. The lowest BCUT2D eigenvalue weighted by Gasteiger charge is -2.34. The zero-order valence-electron chi connectivity index (χ0n) is 10.8. The van der Waals surface area contributed by atoms with Crippen LogP contribution in [0.25, 0.3) is 0 Å². The number of alkyl halides is 3. The standard InChI is InChI=1S/C12H14F3NO4S/c13-12(14,15)21(18,19)16-6-7-20-10(8-16)11(17)9-4-2-1-3-5-9/h1-5,10-11,17H,6-8H2/t10?,11-/m0/s1. The van der Waals surface area contributed by atoms with Gasteiger partial charge in [0.1, 0.15) is 12.2 Å². The number of hydrogen-bond acceptors (Lipinski definition) is 4. The molecule has 0 spiro atoms. The van der Waals surface area contributed by atoms with Crippen LogP contribution in [0.3, 0.4) is 0 Å². The Morgan fingerprint density at radius 3 is 2.48 bits per heavy atom. The van der Waals surface area contributed by atoms with Crippen molar-refractivity contribution >= 4 is 10.0 Å². The summed E-state index contributed by atoms with van der Waals surface area (Å²) in [5.41, 5.74) is -4.90. The summed E-state index contributed by atoms with van der Waals surface area (Å²) in [4.78, 5) is 0. The Balaban J connectivity index is 2.15. The molecule has 2 rings (SSSR count). The van der Waals surface area contributed by atoms with Gasteiger partial charge in [-0.2, -0.15) is 17.5 Å². The van der Waals surface area contributed by atoms with Gasteiger partial charge in [-0.05, 0) is 5.56 Å². The SMILES string of the molecule is O=S(=O)(N1CCOC([C@@H](O)c2ccccc2)C1)C(F)(F)F.